The van der Waals surface area contributed by atoms with Crippen molar-refractivity contribution < 1.29 is 55.9 Å². The van der Waals surface area contributed by atoms with Crippen LogP contribution in [0.2, 0.25) is 0 Å². The number of rotatable bonds is 4. The summed E-state index contributed by atoms with van der Waals surface area (Å²) in [6, 6.07) is 0. The van der Waals surface area contributed by atoms with Crippen molar-refractivity contribution in [1.82, 2.24) is 0 Å². The van der Waals surface area contributed by atoms with E-state index in [1.807, 2.05) is 0 Å². The van der Waals surface area contributed by atoms with Crippen LogP contribution in [0.25, 0.3) is 0 Å². The standard InChI is InChI=1S/C7H12O5.CH3.U/c1-7(12-10,4-3-5-8)6(9)11-2;;/h3-4,8,10H,5H2,1-2H3;1H3;/q;-1;/b4-3+;;. The van der Waals surface area contributed by atoms with Crippen LogP contribution in [-0.2, 0) is 14.4 Å². The van der Waals surface area contributed by atoms with Crippen molar-refractivity contribution in [3.05, 3.63) is 19.6 Å². The molecule has 0 saturated heterocycles. The molecule has 0 aromatic rings. The van der Waals surface area contributed by atoms with Gasteiger partial charge in [-0.05, 0) is 13.0 Å². The van der Waals surface area contributed by atoms with E-state index in [4.69, 9.17) is 10.4 Å². The fraction of sp³-hybridized carbons (Fsp3) is 0.500. The van der Waals surface area contributed by atoms with Crippen LogP contribution in [0.3, 0.4) is 0 Å². The molecule has 0 spiro atoms. The quantitative estimate of drug-likeness (QED) is 0.223. The van der Waals surface area contributed by atoms with E-state index in [1.165, 1.54) is 26.2 Å². The molecule has 0 amide bonds. The first-order valence-corrected chi connectivity index (χ1v) is 3.30. The van der Waals surface area contributed by atoms with Crippen LogP contribution in [0.15, 0.2) is 12.2 Å². The van der Waals surface area contributed by atoms with Gasteiger partial charge < -0.3 is 17.3 Å². The number of esters is 1. The van der Waals surface area contributed by atoms with Gasteiger partial charge in [-0.25, -0.2) is 9.68 Å². The summed E-state index contributed by atoms with van der Waals surface area (Å²) in [5, 5.41) is 16.8. The van der Waals surface area contributed by atoms with Gasteiger partial charge >= 0.3 is 5.97 Å². The largest absolute Gasteiger partial charge is 0.467 e. The number of hydrogen-bond acceptors (Lipinski definition) is 5. The van der Waals surface area contributed by atoms with Crippen LogP contribution < -0.4 is 0 Å². The summed E-state index contributed by atoms with van der Waals surface area (Å²) in [5.74, 6) is -0.741. The van der Waals surface area contributed by atoms with Crippen LogP contribution in [0.1, 0.15) is 6.92 Å². The molecule has 0 heterocycles. The van der Waals surface area contributed by atoms with Crippen molar-refractivity contribution in [3.63, 3.8) is 0 Å². The Morgan fingerprint density at radius 2 is 2.07 bits per heavy atom. The van der Waals surface area contributed by atoms with Gasteiger partial charge in [0.15, 0.2) is 0 Å². The van der Waals surface area contributed by atoms with Crippen LogP contribution >= 0.6 is 0 Å². The Bertz CT molecular complexity index is 183. The van der Waals surface area contributed by atoms with E-state index in [-0.39, 0.29) is 45.1 Å². The van der Waals surface area contributed by atoms with E-state index in [1.54, 1.807) is 0 Å². The third-order valence-electron chi connectivity index (χ3n) is 1.32. The van der Waals surface area contributed by atoms with Crippen molar-refractivity contribution >= 4 is 5.97 Å². The number of ether oxygens (including phenoxy) is 1. The molecule has 1 atom stereocenters. The third-order valence-corrected chi connectivity index (χ3v) is 1.32. The van der Waals surface area contributed by atoms with Gasteiger partial charge in [0.1, 0.15) is 0 Å². The summed E-state index contributed by atoms with van der Waals surface area (Å²) < 4.78 is 4.35. The summed E-state index contributed by atoms with van der Waals surface area (Å²) >= 11 is 0. The first-order chi connectivity index (χ1) is 5.60. The predicted molar refractivity (Wildman–Crippen MR) is 46.8 cm³/mol. The second-order valence-corrected chi connectivity index (χ2v) is 2.27. The first-order valence-electron chi connectivity index (χ1n) is 3.30. The minimum Gasteiger partial charge on any atom is -0.467 e. The van der Waals surface area contributed by atoms with Crippen LogP contribution in [0, 0.1) is 38.5 Å². The van der Waals surface area contributed by atoms with Crippen LogP contribution in [0.4, 0.5) is 0 Å². The van der Waals surface area contributed by atoms with Gasteiger partial charge in [0.05, 0.1) is 13.7 Å². The smallest absolute Gasteiger partial charge is 0.345 e. The zero-order valence-corrected chi connectivity index (χ0v) is 12.6. The molecular weight excluding hydrogens is 414 g/mol. The summed E-state index contributed by atoms with van der Waals surface area (Å²) in [6.45, 7) is 1.07. The van der Waals surface area contributed by atoms with Gasteiger partial charge in [0.2, 0.25) is 5.60 Å². The fourth-order valence-corrected chi connectivity index (χ4v) is 0.616. The van der Waals surface area contributed by atoms with Gasteiger partial charge in [0.25, 0.3) is 0 Å². The molecule has 5 nitrogen and oxygen atoms in total. The molecule has 2 N–H and O–H groups in total. The monoisotopic (exact) mass is 429 g/mol. The summed E-state index contributed by atoms with van der Waals surface area (Å²) in [5.41, 5.74) is -1.54. The van der Waals surface area contributed by atoms with E-state index in [9.17, 15) is 4.79 Å². The zero-order chi connectivity index (χ0) is 9.61. The first kappa shape index (κ1) is 19.7. The third kappa shape index (κ3) is 5.78. The van der Waals surface area contributed by atoms with Crippen molar-refractivity contribution in [2.24, 2.45) is 0 Å². The Labute approximate surface area is 107 Å². The Balaban J connectivity index is -0.000000605. The van der Waals surface area contributed by atoms with E-state index in [2.05, 4.69) is 9.62 Å². The maximum absolute atomic E-state index is 10.9. The zero-order valence-electron chi connectivity index (χ0n) is 8.48. The Morgan fingerprint density at radius 3 is 2.36 bits per heavy atom. The number of methoxy groups -OCH3 is 1. The second kappa shape index (κ2) is 9.69. The summed E-state index contributed by atoms with van der Waals surface area (Å²) in [6.07, 6.45) is 2.48. The molecule has 0 aromatic heterocycles. The molecule has 0 rings (SSSR count). The SMILES string of the molecule is COC(=O)C(C)(/C=C/CO)OO.[CH3-].[U]. The van der Waals surface area contributed by atoms with Crippen LogP contribution in [-0.4, -0.2) is 35.7 Å². The molecule has 0 aliphatic heterocycles. The molecule has 0 bridgehead atoms. The number of hydrogen-bond donors (Lipinski definition) is 2. The summed E-state index contributed by atoms with van der Waals surface area (Å²) in [4.78, 5) is 14.9. The van der Waals surface area contributed by atoms with Gasteiger partial charge in [-0.2, -0.15) is 0 Å². The van der Waals surface area contributed by atoms with Gasteiger partial charge in [-0.15, -0.1) is 0 Å². The number of carbonyl (C=O) groups excluding carboxylic acids is 1. The molecule has 14 heavy (non-hydrogen) atoms. The average Bonchev–Trinajstić information content (AvgIpc) is 2.12. The summed E-state index contributed by atoms with van der Waals surface area (Å²) in [7, 11) is 1.17. The Hall–Kier alpha value is 0.142. The topological polar surface area (TPSA) is 76.0 Å². The van der Waals surface area contributed by atoms with Crippen molar-refractivity contribution in [2.75, 3.05) is 13.7 Å². The second-order valence-electron chi connectivity index (χ2n) is 2.27. The molecule has 0 aliphatic rings. The van der Waals surface area contributed by atoms with Crippen molar-refractivity contribution in [2.45, 2.75) is 12.5 Å². The number of carbonyl (C=O) groups is 1. The van der Waals surface area contributed by atoms with Gasteiger partial charge in [-0.1, -0.05) is 6.08 Å². The molecule has 0 saturated carbocycles. The number of aliphatic hydroxyl groups excluding tert-OH is 1. The number of aliphatic hydroxyl groups is 1. The molecular formula is C8H15O5U-. The fourth-order valence-electron chi connectivity index (χ4n) is 0.616. The van der Waals surface area contributed by atoms with E-state index in [0.717, 1.165) is 0 Å². The maximum atomic E-state index is 10.9. The molecule has 1 unspecified atom stereocenters. The molecule has 0 fully saturated rings. The van der Waals surface area contributed by atoms with Gasteiger partial charge in [0, 0.05) is 31.1 Å². The molecule has 6 heteroatoms. The van der Waals surface area contributed by atoms with E-state index in [0.29, 0.717) is 0 Å². The molecule has 0 aliphatic carbocycles. The Morgan fingerprint density at radius 1 is 1.57 bits per heavy atom. The average molecular weight is 429 g/mol. The maximum Gasteiger partial charge on any atom is 0.345 e. The normalized spacial score (nSPS) is 13.7. The van der Waals surface area contributed by atoms with Gasteiger partial charge in [-0.3, -0.25) is 5.26 Å². The minimum atomic E-state index is -1.54. The predicted octanol–water partition coefficient (Wildman–Crippen LogP) is 0.406. The van der Waals surface area contributed by atoms with Crippen molar-refractivity contribution in [3.8, 4) is 0 Å². The van der Waals surface area contributed by atoms with Crippen LogP contribution in [0.5, 0.6) is 0 Å². The molecule has 0 aromatic carbocycles. The molecule has 0 radical (unpaired) electrons. The minimum absolute atomic E-state index is 0. The van der Waals surface area contributed by atoms with E-state index >= 15 is 0 Å². The molecule has 82 valence electrons. The van der Waals surface area contributed by atoms with E-state index < -0.39 is 11.6 Å². The van der Waals surface area contributed by atoms with Crippen molar-refractivity contribution in [1.29, 1.82) is 0 Å². The Kier molecular flexibility index (Phi) is 13.6.